The van der Waals surface area contributed by atoms with Gasteiger partial charge in [0.05, 0.1) is 0 Å². The van der Waals surface area contributed by atoms with E-state index in [4.69, 9.17) is 4.74 Å². The summed E-state index contributed by atoms with van der Waals surface area (Å²) in [6.07, 6.45) is 1.28. The second-order valence-electron chi connectivity index (χ2n) is 6.28. The highest BCUT2D eigenvalue weighted by Gasteiger charge is 2.23. The van der Waals surface area contributed by atoms with Crippen LogP contribution in [-0.2, 0) is 9.53 Å². The molecule has 2 rings (SSSR count). The highest BCUT2D eigenvalue weighted by molar-refractivity contribution is 5.98. The topological polar surface area (TPSA) is 67.4 Å². The Labute approximate surface area is 125 Å². The lowest BCUT2D eigenvalue weighted by atomic mass is 10.1. The highest BCUT2D eigenvalue weighted by atomic mass is 16.5. The average Bonchev–Trinajstić information content (AvgIpc) is 2.91. The van der Waals surface area contributed by atoms with Gasteiger partial charge in [-0.05, 0) is 51.8 Å². The van der Waals surface area contributed by atoms with E-state index in [1.54, 1.807) is 24.3 Å². The molecule has 114 valence electrons. The van der Waals surface area contributed by atoms with Gasteiger partial charge in [-0.2, -0.15) is 0 Å². The van der Waals surface area contributed by atoms with Crippen LogP contribution in [0.5, 0.6) is 0 Å². The number of amides is 2. The molecule has 1 saturated heterocycles. The van der Waals surface area contributed by atoms with E-state index in [2.05, 4.69) is 10.6 Å². The van der Waals surface area contributed by atoms with Gasteiger partial charge in [0, 0.05) is 23.4 Å². The fraction of sp³-hybridized carbons (Fsp3) is 0.500. The first-order valence-corrected chi connectivity index (χ1v) is 7.20. The molecule has 0 saturated carbocycles. The van der Waals surface area contributed by atoms with Gasteiger partial charge in [0.2, 0.25) is 0 Å². The first-order chi connectivity index (χ1) is 9.85. The van der Waals surface area contributed by atoms with Crippen molar-refractivity contribution in [3.8, 4) is 0 Å². The number of nitrogens with one attached hydrogen (secondary N) is 2. The summed E-state index contributed by atoms with van der Waals surface area (Å²) < 4.78 is 5.34. The molecular weight excluding hydrogens is 268 g/mol. The quantitative estimate of drug-likeness (QED) is 0.898. The third-order valence-corrected chi connectivity index (χ3v) is 3.10. The predicted molar refractivity (Wildman–Crippen MR) is 81.3 cm³/mol. The van der Waals surface area contributed by atoms with Crippen LogP contribution in [0.15, 0.2) is 24.3 Å². The first-order valence-electron chi connectivity index (χ1n) is 7.20. The van der Waals surface area contributed by atoms with Crippen LogP contribution in [0.25, 0.3) is 0 Å². The SMILES string of the molecule is CC(C)(C)NC(=O)c1cccc(NC(=O)[C@H]2CCCO2)c1. The van der Waals surface area contributed by atoms with Crippen molar-refractivity contribution < 1.29 is 14.3 Å². The van der Waals surface area contributed by atoms with Crippen LogP contribution < -0.4 is 10.6 Å². The van der Waals surface area contributed by atoms with E-state index in [-0.39, 0.29) is 23.5 Å². The number of ether oxygens (including phenoxy) is 1. The van der Waals surface area contributed by atoms with Gasteiger partial charge >= 0.3 is 0 Å². The zero-order valence-corrected chi connectivity index (χ0v) is 12.7. The van der Waals surface area contributed by atoms with E-state index in [0.717, 1.165) is 12.8 Å². The van der Waals surface area contributed by atoms with Crippen molar-refractivity contribution in [1.29, 1.82) is 0 Å². The highest BCUT2D eigenvalue weighted by Crippen LogP contribution is 2.16. The van der Waals surface area contributed by atoms with E-state index < -0.39 is 0 Å². The lowest BCUT2D eigenvalue weighted by Crippen LogP contribution is -2.40. The fourth-order valence-electron chi connectivity index (χ4n) is 2.16. The van der Waals surface area contributed by atoms with E-state index in [9.17, 15) is 9.59 Å². The van der Waals surface area contributed by atoms with Gasteiger partial charge in [-0.3, -0.25) is 9.59 Å². The Kier molecular flexibility index (Phi) is 4.63. The standard InChI is InChI=1S/C16H22N2O3/c1-16(2,3)18-14(19)11-6-4-7-12(10-11)17-15(20)13-8-5-9-21-13/h4,6-7,10,13H,5,8-9H2,1-3H3,(H,17,20)(H,18,19)/t13-/m1/s1. The van der Waals surface area contributed by atoms with E-state index in [0.29, 0.717) is 17.9 Å². The van der Waals surface area contributed by atoms with Crippen LogP contribution in [0, 0.1) is 0 Å². The third-order valence-electron chi connectivity index (χ3n) is 3.10. The smallest absolute Gasteiger partial charge is 0.253 e. The number of anilines is 1. The van der Waals surface area contributed by atoms with Crippen LogP contribution in [0.4, 0.5) is 5.69 Å². The van der Waals surface area contributed by atoms with Gasteiger partial charge in [0.1, 0.15) is 6.10 Å². The lowest BCUT2D eigenvalue weighted by Gasteiger charge is -2.20. The Bertz CT molecular complexity index is 529. The van der Waals surface area contributed by atoms with Gasteiger partial charge in [-0.15, -0.1) is 0 Å². The van der Waals surface area contributed by atoms with Crippen molar-refractivity contribution in [2.45, 2.75) is 45.3 Å². The molecule has 1 aliphatic heterocycles. The zero-order chi connectivity index (χ0) is 15.5. The minimum absolute atomic E-state index is 0.152. The van der Waals surface area contributed by atoms with E-state index in [1.165, 1.54) is 0 Å². The Hall–Kier alpha value is -1.88. The molecule has 0 unspecified atom stereocenters. The Balaban J connectivity index is 2.03. The molecule has 0 aliphatic carbocycles. The van der Waals surface area contributed by atoms with Crippen LogP contribution >= 0.6 is 0 Å². The fourth-order valence-corrected chi connectivity index (χ4v) is 2.16. The largest absolute Gasteiger partial charge is 0.368 e. The van der Waals surface area contributed by atoms with Gasteiger partial charge in [-0.1, -0.05) is 6.07 Å². The summed E-state index contributed by atoms with van der Waals surface area (Å²) in [6.45, 7) is 6.40. The molecule has 1 fully saturated rings. The van der Waals surface area contributed by atoms with Crippen molar-refractivity contribution in [3.63, 3.8) is 0 Å². The molecule has 1 aromatic carbocycles. The van der Waals surface area contributed by atoms with Gasteiger partial charge in [0.15, 0.2) is 0 Å². The van der Waals surface area contributed by atoms with Crippen molar-refractivity contribution in [2.75, 3.05) is 11.9 Å². The molecule has 1 atom stereocenters. The predicted octanol–water partition coefficient (Wildman–Crippen LogP) is 2.33. The number of benzene rings is 1. The molecular formula is C16H22N2O3. The Morgan fingerprint density at radius 1 is 1.29 bits per heavy atom. The van der Waals surface area contributed by atoms with Crippen molar-refractivity contribution >= 4 is 17.5 Å². The monoisotopic (exact) mass is 290 g/mol. The minimum atomic E-state index is -0.378. The minimum Gasteiger partial charge on any atom is -0.368 e. The summed E-state index contributed by atoms with van der Waals surface area (Å²) in [6, 6.07) is 6.92. The van der Waals surface area contributed by atoms with Crippen molar-refractivity contribution in [2.24, 2.45) is 0 Å². The summed E-state index contributed by atoms with van der Waals surface area (Å²) in [7, 11) is 0. The Morgan fingerprint density at radius 2 is 2.05 bits per heavy atom. The maximum Gasteiger partial charge on any atom is 0.253 e. The summed E-state index contributed by atoms with van der Waals surface area (Å²) >= 11 is 0. The average molecular weight is 290 g/mol. The molecule has 1 aliphatic rings. The van der Waals surface area contributed by atoms with Crippen LogP contribution in [0.2, 0.25) is 0 Å². The van der Waals surface area contributed by atoms with Crippen LogP contribution in [-0.4, -0.2) is 30.1 Å². The number of carbonyl (C=O) groups is 2. The summed E-state index contributed by atoms with van der Waals surface area (Å²) in [5.41, 5.74) is 0.834. The van der Waals surface area contributed by atoms with Crippen molar-refractivity contribution in [3.05, 3.63) is 29.8 Å². The molecule has 0 bridgehead atoms. The lowest BCUT2D eigenvalue weighted by molar-refractivity contribution is -0.124. The third kappa shape index (κ3) is 4.56. The molecule has 5 heteroatoms. The Morgan fingerprint density at radius 3 is 2.67 bits per heavy atom. The second kappa shape index (κ2) is 6.26. The van der Waals surface area contributed by atoms with Gasteiger partial charge in [-0.25, -0.2) is 0 Å². The first kappa shape index (κ1) is 15.5. The van der Waals surface area contributed by atoms with E-state index >= 15 is 0 Å². The molecule has 0 aromatic heterocycles. The molecule has 21 heavy (non-hydrogen) atoms. The molecule has 2 amide bonds. The van der Waals surface area contributed by atoms with Crippen LogP contribution in [0.3, 0.4) is 0 Å². The summed E-state index contributed by atoms with van der Waals surface area (Å²) in [4.78, 5) is 24.1. The van der Waals surface area contributed by atoms with Crippen LogP contribution in [0.1, 0.15) is 44.0 Å². The maximum absolute atomic E-state index is 12.1. The number of hydrogen-bond acceptors (Lipinski definition) is 3. The summed E-state index contributed by atoms with van der Waals surface area (Å²) in [5, 5.41) is 5.69. The number of hydrogen-bond donors (Lipinski definition) is 2. The maximum atomic E-state index is 12.1. The molecule has 1 heterocycles. The number of carbonyl (C=O) groups excluding carboxylic acids is 2. The zero-order valence-electron chi connectivity index (χ0n) is 12.7. The molecule has 0 radical (unpaired) electrons. The molecule has 0 spiro atoms. The summed E-state index contributed by atoms with van der Waals surface area (Å²) in [5.74, 6) is -0.309. The molecule has 1 aromatic rings. The van der Waals surface area contributed by atoms with Gasteiger partial charge in [0.25, 0.3) is 11.8 Å². The van der Waals surface area contributed by atoms with E-state index in [1.807, 2.05) is 20.8 Å². The normalized spacial score (nSPS) is 18.3. The number of rotatable bonds is 3. The van der Waals surface area contributed by atoms with Gasteiger partial charge < -0.3 is 15.4 Å². The van der Waals surface area contributed by atoms with Crippen molar-refractivity contribution in [1.82, 2.24) is 5.32 Å². The molecule has 2 N–H and O–H groups in total. The second-order valence-corrected chi connectivity index (χ2v) is 6.28. The molecule has 5 nitrogen and oxygen atoms in total.